The summed E-state index contributed by atoms with van der Waals surface area (Å²) in [7, 11) is 1.70. The fourth-order valence-electron chi connectivity index (χ4n) is 6.41. The topological polar surface area (TPSA) is 90.4 Å². The van der Waals surface area contributed by atoms with Crippen LogP contribution in [0.25, 0.3) is 0 Å². The average molecular weight is 589 g/mol. The maximum Gasteiger partial charge on any atom is 0.248 e. The van der Waals surface area contributed by atoms with Crippen molar-refractivity contribution in [3.05, 3.63) is 61.2 Å². The van der Waals surface area contributed by atoms with Crippen molar-refractivity contribution in [2.45, 2.75) is 54.8 Å². The maximum atomic E-state index is 14.4. The van der Waals surface area contributed by atoms with E-state index < -0.39 is 29.6 Å². The van der Waals surface area contributed by atoms with Crippen LogP contribution in [0.2, 0.25) is 0 Å². The van der Waals surface area contributed by atoms with Gasteiger partial charge in [-0.25, -0.2) is 0 Å². The summed E-state index contributed by atoms with van der Waals surface area (Å²) < 4.78 is 6.60. The van der Waals surface area contributed by atoms with Crippen LogP contribution >= 0.6 is 15.9 Å². The van der Waals surface area contributed by atoms with Crippen LogP contribution in [0.4, 0.5) is 0 Å². The Balaban J connectivity index is 1.71. The number of unbranched alkanes of at least 4 members (excludes halogenated alkanes) is 2. The first-order chi connectivity index (χ1) is 18.3. The summed E-state index contributed by atoms with van der Waals surface area (Å²) in [6.45, 7) is 9.10. The predicted octanol–water partition coefficient (Wildman–Crippen LogP) is 2.76. The molecule has 3 heterocycles. The molecule has 3 aliphatic heterocycles. The summed E-state index contributed by atoms with van der Waals surface area (Å²) in [6.07, 6.45) is 5.33. The van der Waals surface area contributed by atoms with Crippen LogP contribution in [0, 0.1) is 11.8 Å². The number of benzene rings is 1. The molecule has 38 heavy (non-hydrogen) atoms. The van der Waals surface area contributed by atoms with Gasteiger partial charge in [-0.05, 0) is 31.2 Å². The Labute approximate surface area is 233 Å². The molecule has 0 radical (unpaired) electrons. The summed E-state index contributed by atoms with van der Waals surface area (Å²) in [5.41, 5.74) is -0.111. The largest absolute Gasteiger partial charge is 0.396 e. The highest BCUT2D eigenvalue weighted by molar-refractivity contribution is 9.09. The lowest BCUT2D eigenvalue weighted by molar-refractivity contribution is -0.148. The van der Waals surface area contributed by atoms with Gasteiger partial charge in [0.1, 0.15) is 11.6 Å². The van der Waals surface area contributed by atoms with Gasteiger partial charge >= 0.3 is 0 Å². The lowest BCUT2D eigenvalue weighted by Crippen LogP contribution is -2.56. The number of likely N-dealkylation sites (N-methyl/N-ethyl adjacent to an activating group) is 1. The van der Waals surface area contributed by atoms with Gasteiger partial charge in [0.2, 0.25) is 17.7 Å². The van der Waals surface area contributed by atoms with E-state index >= 15 is 0 Å². The molecule has 9 heteroatoms. The van der Waals surface area contributed by atoms with Crippen molar-refractivity contribution in [3.8, 4) is 0 Å². The molecule has 0 aromatic heterocycles. The van der Waals surface area contributed by atoms with Crippen molar-refractivity contribution < 1.29 is 24.2 Å². The minimum atomic E-state index is -1.09. The third kappa shape index (κ3) is 5.08. The molecule has 8 nitrogen and oxygen atoms in total. The van der Waals surface area contributed by atoms with Gasteiger partial charge in [-0.3, -0.25) is 14.4 Å². The highest BCUT2D eigenvalue weighted by atomic mass is 79.9. The second-order valence-electron chi connectivity index (χ2n) is 10.5. The zero-order valence-electron chi connectivity index (χ0n) is 22.0. The van der Waals surface area contributed by atoms with Gasteiger partial charge < -0.3 is 24.5 Å². The molecule has 1 aromatic rings. The van der Waals surface area contributed by atoms with Crippen LogP contribution in [0.5, 0.6) is 0 Å². The van der Waals surface area contributed by atoms with E-state index in [1.54, 1.807) is 33.9 Å². The van der Waals surface area contributed by atoms with E-state index in [2.05, 4.69) is 29.1 Å². The molecule has 2 bridgehead atoms. The zero-order chi connectivity index (χ0) is 27.4. The molecule has 3 fully saturated rings. The predicted molar refractivity (Wildman–Crippen MR) is 148 cm³/mol. The van der Waals surface area contributed by atoms with Gasteiger partial charge in [0, 0.05) is 44.7 Å². The van der Waals surface area contributed by atoms with Gasteiger partial charge in [0.15, 0.2) is 0 Å². The van der Waals surface area contributed by atoms with Crippen LogP contribution in [0.1, 0.15) is 31.2 Å². The molecule has 1 N–H and O–H groups in total. The smallest absolute Gasteiger partial charge is 0.248 e. The van der Waals surface area contributed by atoms with Crippen molar-refractivity contribution in [2.24, 2.45) is 11.8 Å². The highest BCUT2D eigenvalue weighted by Crippen LogP contribution is 2.60. The molecule has 3 saturated heterocycles. The summed E-state index contributed by atoms with van der Waals surface area (Å²) in [5.74, 6) is -1.96. The van der Waals surface area contributed by atoms with E-state index in [0.717, 1.165) is 12.0 Å². The molecule has 3 amide bonds. The van der Waals surface area contributed by atoms with Gasteiger partial charge in [0.25, 0.3) is 0 Å². The number of amides is 3. The minimum Gasteiger partial charge on any atom is -0.396 e. The number of ether oxygens (including phenoxy) is 1. The second-order valence-corrected chi connectivity index (χ2v) is 11.7. The molecule has 3 unspecified atom stereocenters. The van der Waals surface area contributed by atoms with Crippen molar-refractivity contribution in [1.29, 1.82) is 0 Å². The summed E-state index contributed by atoms with van der Waals surface area (Å²) in [4.78, 5) is 46.8. The van der Waals surface area contributed by atoms with Crippen LogP contribution in [-0.4, -0.2) is 93.4 Å². The Bertz CT molecular complexity index is 1050. The second kappa shape index (κ2) is 12.1. The number of hydrogen-bond acceptors (Lipinski definition) is 5. The first-order valence-electron chi connectivity index (χ1n) is 13.3. The Morgan fingerprint density at radius 3 is 2.53 bits per heavy atom. The van der Waals surface area contributed by atoms with Gasteiger partial charge in [-0.2, -0.15) is 0 Å². The van der Waals surface area contributed by atoms with E-state index in [0.29, 0.717) is 45.4 Å². The molecule has 6 atom stereocenters. The zero-order valence-corrected chi connectivity index (χ0v) is 23.6. The van der Waals surface area contributed by atoms with E-state index in [9.17, 15) is 19.5 Å². The summed E-state index contributed by atoms with van der Waals surface area (Å²) in [5, 5.41) is 9.23. The molecule has 1 spiro atoms. The number of carbonyl (C=O) groups excluding carboxylic acids is 3. The van der Waals surface area contributed by atoms with E-state index in [4.69, 9.17) is 4.74 Å². The molecular weight excluding hydrogens is 550 g/mol. The molecule has 206 valence electrons. The van der Waals surface area contributed by atoms with Gasteiger partial charge in [-0.15, -0.1) is 13.2 Å². The van der Waals surface area contributed by atoms with Crippen molar-refractivity contribution in [2.75, 3.05) is 33.3 Å². The average Bonchev–Trinajstić information content (AvgIpc) is 3.49. The first-order valence-corrected chi connectivity index (χ1v) is 14.2. The van der Waals surface area contributed by atoms with Crippen LogP contribution in [-0.2, 0) is 25.7 Å². The van der Waals surface area contributed by atoms with Crippen molar-refractivity contribution in [3.63, 3.8) is 0 Å². The number of hydrogen-bond donors (Lipinski definition) is 1. The monoisotopic (exact) mass is 587 g/mol. The first kappa shape index (κ1) is 28.5. The van der Waals surface area contributed by atoms with E-state index in [1.165, 1.54) is 0 Å². The van der Waals surface area contributed by atoms with Gasteiger partial charge in [0.05, 0.1) is 17.9 Å². The molecule has 3 aliphatic rings. The lowest BCUT2D eigenvalue weighted by atomic mass is 9.70. The normalized spacial score (nSPS) is 29.3. The SMILES string of the molecule is C=CCN(C)C(=O)[C@H]1[C@@H]2OC3(CC2Br)C(C(=O)N(CC=C)Cc2ccccc2)N(CCCCCO)C(=O)[C@H]13. The number of rotatable bonds is 13. The van der Waals surface area contributed by atoms with E-state index in [1.807, 2.05) is 30.3 Å². The van der Waals surface area contributed by atoms with Crippen LogP contribution < -0.4 is 0 Å². The molecule has 0 saturated carbocycles. The number of fused-ring (bicyclic) bond motifs is 1. The molecule has 0 aliphatic carbocycles. The number of alkyl halides is 1. The number of aliphatic hydroxyl groups is 1. The number of halogens is 1. The third-order valence-corrected chi connectivity index (χ3v) is 8.87. The molecule has 1 aromatic carbocycles. The van der Waals surface area contributed by atoms with Crippen LogP contribution in [0.3, 0.4) is 0 Å². The number of nitrogens with zero attached hydrogens (tertiary/aromatic N) is 3. The minimum absolute atomic E-state index is 0.0787. The van der Waals surface area contributed by atoms with Gasteiger partial charge in [-0.1, -0.05) is 58.4 Å². The van der Waals surface area contributed by atoms with Crippen molar-refractivity contribution >= 4 is 33.7 Å². The lowest BCUT2D eigenvalue weighted by Gasteiger charge is -2.37. The fourth-order valence-corrected chi connectivity index (χ4v) is 7.35. The number of carbonyl (C=O) groups is 3. The highest BCUT2D eigenvalue weighted by Gasteiger charge is 2.76. The Morgan fingerprint density at radius 2 is 1.87 bits per heavy atom. The van der Waals surface area contributed by atoms with Crippen LogP contribution in [0.15, 0.2) is 55.6 Å². The molecule has 4 rings (SSSR count). The molecular formula is C29H38BrN3O5. The Kier molecular flexibility index (Phi) is 9.11. The summed E-state index contributed by atoms with van der Waals surface area (Å²) >= 11 is 3.72. The third-order valence-electron chi connectivity index (χ3n) is 8.02. The summed E-state index contributed by atoms with van der Waals surface area (Å²) in [6, 6.07) is 8.88. The quantitative estimate of drug-likeness (QED) is 0.218. The number of aliphatic hydroxyl groups excluding tert-OH is 1. The Hall–Kier alpha value is -2.49. The van der Waals surface area contributed by atoms with Crippen molar-refractivity contribution in [1.82, 2.24) is 14.7 Å². The Morgan fingerprint density at radius 1 is 1.16 bits per heavy atom. The fraction of sp³-hybridized carbons (Fsp3) is 0.552. The maximum absolute atomic E-state index is 14.4. The number of likely N-dealkylation sites (tertiary alicyclic amines) is 1. The van der Waals surface area contributed by atoms with E-state index in [-0.39, 0.29) is 29.2 Å². The standard InChI is InChI=1S/C29H38BrN3O5/c1-4-14-31(3)26(35)22-23-27(36)33(16-10-7-11-17-34)25(29(23)18-21(30)24(22)38-29)28(37)32(15-5-2)19-20-12-8-6-9-13-20/h4-6,8-9,12-13,21-25,34H,1-2,7,10-11,14-19H2,3H3/t21?,22-,23+,24-,25?,29?/m1/s1.